The highest BCUT2D eigenvalue weighted by atomic mass is 79.9. The molecule has 9 heteroatoms. The lowest BCUT2D eigenvalue weighted by Crippen LogP contribution is -2.44. The van der Waals surface area contributed by atoms with Crippen molar-refractivity contribution in [3.63, 3.8) is 0 Å². The molecule has 114 valence electrons. The van der Waals surface area contributed by atoms with Crippen molar-refractivity contribution in [3.8, 4) is 5.75 Å². The molecule has 0 aliphatic carbocycles. The molecule has 0 aliphatic heterocycles. The van der Waals surface area contributed by atoms with E-state index in [4.69, 9.17) is 14.9 Å². The number of methoxy groups -OCH3 is 1. The molecule has 1 unspecified atom stereocenters. The number of hydrogen-bond donors (Lipinski definition) is 4. The number of carboxylic acids is 2. The van der Waals surface area contributed by atoms with E-state index >= 15 is 0 Å². The van der Waals surface area contributed by atoms with Crippen LogP contribution in [0, 0.1) is 0 Å². The quantitative estimate of drug-likeness (QED) is 0.609. The fraction of sp³-hybridized carbons (Fsp3) is 0.250. The van der Waals surface area contributed by atoms with Crippen LogP contribution in [0.4, 0.5) is 10.5 Å². The van der Waals surface area contributed by atoms with Crippen molar-refractivity contribution in [1.82, 2.24) is 5.32 Å². The number of carbonyl (C=O) groups is 3. The molecule has 0 radical (unpaired) electrons. The van der Waals surface area contributed by atoms with Gasteiger partial charge in [-0.1, -0.05) is 0 Å². The molecule has 0 aliphatic rings. The number of halogens is 1. The Morgan fingerprint density at radius 1 is 1.33 bits per heavy atom. The number of rotatable bonds is 6. The summed E-state index contributed by atoms with van der Waals surface area (Å²) in [6, 6.07) is 2.39. The van der Waals surface area contributed by atoms with Crippen LogP contribution >= 0.6 is 15.9 Å². The summed E-state index contributed by atoms with van der Waals surface area (Å²) >= 11 is 3.25. The van der Waals surface area contributed by atoms with Crippen molar-refractivity contribution in [1.29, 1.82) is 0 Å². The Kier molecular flexibility index (Phi) is 5.97. The molecule has 8 nitrogen and oxygen atoms in total. The number of nitrogens with one attached hydrogen (secondary N) is 2. The van der Waals surface area contributed by atoms with Crippen LogP contribution in [0.5, 0.6) is 5.75 Å². The largest absolute Gasteiger partial charge is 0.495 e. The van der Waals surface area contributed by atoms with Gasteiger partial charge < -0.3 is 25.6 Å². The number of urea groups is 1. The average Bonchev–Trinajstić information content (AvgIpc) is 2.39. The van der Waals surface area contributed by atoms with Crippen LogP contribution in [-0.2, 0) is 9.59 Å². The summed E-state index contributed by atoms with van der Waals surface area (Å²) in [7, 11) is 1.46. The molecule has 0 aromatic heterocycles. The van der Waals surface area contributed by atoms with Gasteiger partial charge in [-0.25, -0.2) is 9.59 Å². The number of carbonyl (C=O) groups excluding carboxylic acids is 1. The third kappa shape index (κ3) is 5.30. The Labute approximate surface area is 128 Å². The Morgan fingerprint density at radius 3 is 2.52 bits per heavy atom. The third-order valence-electron chi connectivity index (χ3n) is 2.39. The van der Waals surface area contributed by atoms with Gasteiger partial charge in [-0.3, -0.25) is 4.79 Å². The summed E-state index contributed by atoms with van der Waals surface area (Å²) in [5.41, 5.74) is 0.368. The second-order valence-electron chi connectivity index (χ2n) is 3.94. The van der Waals surface area contributed by atoms with E-state index in [0.717, 1.165) is 0 Å². The van der Waals surface area contributed by atoms with Gasteiger partial charge in [0.2, 0.25) is 0 Å². The SMILES string of the molecule is COc1cc(NC(=O)NC(CC(=O)O)C(=O)O)ccc1Br. The van der Waals surface area contributed by atoms with Gasteiger partial charge in [-0.2, -0.15) is 0 Å². The molecular weight excluding hydrogens is 348 g/mol. The van der Waals surface area contributed by atoms with Crippen molar-refractivity contribution >= 4 is 39.6 Å². The van der Waals surface area contributed by atoms with E-state index in [1.165, 1.54) is 13.2 Å². The molecule has 21 heavy (non-hydrogen) atoms. The molecule has 1 rings (SSSR count). The maximum Gasteiger partial charge on any atom is 0.326 e. The Bertz CT molecular complexity index is 563. The molecule has 1 aromatic carbocycles. The molecule has 0 saturated carbocycles. The topological polar surface area (TPSA) is 125 Å². The Hall–Kier alpha value is -2.29. The standard InChI is InChI=1S/C12H13BrN2O6/c1-21-9-4-6(2-3-7(9)13)14-12(20)15-8(11(18)19)5-10(16)17/h2-4,8H,5H2,1H3,(H,16,17)(H,18,19)(H2,14,15,20). The summed E-state index contributed by atoms with van der Waals surface area (Å²) in [4.78, 5) is 33.0. The second kappa shape index (κ2) is 7.48. The van der Waals surface area contributed by atoms with Crippen molar-refractivity contribution < 1.29 is 29.3 Å². The van der Waals surface area contributed by atoms with E-state index in [-0.39, 0.29) is 0 Å². The number of ether oxygens (including phenoxy) is 1. The lowest BCUT2D eigenvalue weighted by atomic mass is 10.2. The van der Waals surface area contributed by atoms with Crippen LogP contribution < -0.4 is 15.4 Å². The second-order valence-corrected chi connectivity index (χ2v) is 4.79. The van der Waals surface area contributed by atoms with E-state index in [1.807, 2.05) is 0 Å². The lowest BCUT2D eigenvalue weighted by Gasteiger charge is -2.14. The van der Waals surface area contributed by atoms with Gasteiger partial charge in [0.25, 0.3) is 0 Å². The summed E-state index contributed by atoms with van der Waals surface area (Å²) in [6.45, 7) is 0. The lowest BCUT2D eigenvalue weighted by molar-refractivity contribution is -0.145. The smallest absolute Gasteiger partial charge is 0.326 e. The summed E-state index contributed by atoms with van der Waals surface area (Å²) in [5, 5.41) is 21.9. The number of anilines is 1. The third-order valence-corrected chi connectivity index (χ3v) is 3.05. The van der Waals surface area contributed by atoms with E-state index in [2.05, 4.69) is 26.6 Å². The van der Waals surface area contributed by atoms with Gasteiger partial charge in [0.15, 0.2) is 0 Å². The van der Waals surface area contributed by atoms with Crippen LogP contribution in [0.1, 0.15) is 6.42 Å². The van der Waals surface area contributed by atoms with E-state index in [1.54, 1.807) is 12.1 Å². The monoisotopic (exact) mass is 360 g/mol. The molecular formula is C12H13BrN2O6. The fourth-order valence-electron chi connectivity index (χ4n) is 1.44. The van der Waals surface area contributed by atoms with E-state index < -0.39 is 30.4 Å². The zero-order valence-corrected chi connectivity index (χ0v) is 12.5. The minimum atomic E-state index is -1.51. The number of benzene rings is 1. The molecule has 0 fully saturated rings. The van der Waals surface area contributed by atoms with Crippen molar-refractivity contribution in [2.24, 2.45) is 0 Å². The first-order valence-electron chi connectivity index (χ1n) is 5.69. The summed E-state index contributed by atoms with van der Waals surface area (Å²) < 4.78 is 5.73. The Morgan fingerprint density at radius 2 is 2.00 bits per heavy atom. The molecule has 1 aromatic rings. The maximum absolute atomic E-state index is 11.7. The molecule has 4 N–H and O–H groups in total. The Balaban J connectivity index is 2.72. The molecule has 0 heterocycles. The number of hydrogen-bond acceptors (Lipinski definition) is 4. The minimum Gasteiger partial charge on any atom is -0.495 e. The predicted octanol–water partition coefficient (Wildman–Crippen LogP) is 1.51. The number of aliphatic carboxylic acids is 2. The van der Waals surface area contributed by atoms with Gasteiger partial charge in [0.1, 0.15) is 11.8 Å². The van der Waals surface area contributed by atoms with Crippen LogP contribution in [0.25, 0.3) is 0 Å². The van der Waals surface area contributed by atoms with Crippen LogP contribution in [0.15, 0.2) is 22.7 Å². The highest BCUT2D eigenvalue weighted by Gasteiger charge is 2.23. The van der Waals surface area contributed by atoms with Crippen molar-refractivity contribution in [3.05, 3.63) is 22.7 Å². The zero-order chi connectivity index (χ0) is 16.0. The number of amides is 2. The molecule has 1 atom stereocenters. The van der Waals surface area contributed by atoms with Gasteiger partial charge in [0, 0.05) is 11.8 Å². The van der Waals surface area contributed by atoms with Gasteiger partial charge in [0.05, 0.1) is 18.0 Å². The first-order valence-corrected chi connectivity index (χ1v) is 6.48. The van der Waals surface area contributed by atoms with Crippen LogP contribution in [0.3, 0.4) is 0 Å². The molecule has 0 spiro atoms. The molecule has 2 amide bonds. The highest BCUT2D eigenvalue weighted by Crippen LogP contribution is 2.27. The zero-order valence-electron chi connectivity index (χ0n) is 10.9. The summed E-state index contributed by atoms with van der Waals surface area (Å²) in [6.07, 6.45) is -0.716. The normalized spacial score (nSPS) is 11.3. The highest BCUT2D eigenvalue weighted by molar-refractivity contribution is 9.10. The molecule has 0 bridgehead atoms. The first-order chi connectivity index (χ1) is 9.83. The average molecular weight is 361 g/mol. The predicted molar refractivity (Wildman–Crippen MR) is 76.5 cm³/mol. The first kappa shape index (κ1) is 16.8. The minimum absolute atomic E-state index is 0.368. The number of carboxylic acid groups (broad SMARTS) is 2. The van der Waals surface area contributed by atoms with Gasteiger partial charge in [-0.15, -0.1) is 0 Å². The van der Waals surface area contributed by atoms with Crippen molar-refractivity contribution in [2.45, 2.75) is 12.5 Å². The van der Waals surface area contributed by atoms with Crippen LogP contribution in [-0.4, -0.2) is 41.3 Å². The van der Waals surface area contributed by atoms with E-state index in [0.29, 0.717) is 15.9 Å². The van der Waals surface area contributed by atoms with Gasteiger partial charge >= 0.3 is 18.0 Å². The summed E-state index contributed by atoms with van der Waals surface area (Å²) in [5.74, 6) is -2.28. The van der Waals surface area contributed by atoms with E-state index in [9.17, 15) is 14.4 Å². The van der Waals surface area contributed by atoms with Crippen molar-refractivity contribution in [2.75, 3.05) is 12.4 Å². The fourth-order valence-corrected chi connectivity index (χ4v) is 1.85. The molecule has 0 saturated heterocycles. The van der Waals surface area contributed by atoms with Gasteiger partial charge in [-0.05, 0) is 28.1 Å². The maximum atomic E-state index is 11.7. The van der Waals surface area contributed by atoms with Crippen LogP contribution in [0.2, 0.25) is 0 Å².